The fourth-order valence-corrected chi connectivity index (χ4v) is 3.79. The van der Waals surface area contributed by atoms with Crippen molar-refractivity contribution in [1.29, 1.82) is 0 Å². The first-order chi connectivity index (χ1) is 19.2. The highest BCUT2D eigenvalue weighted by atomic mass is 19.1. The van der Waals surface area contributed by atoms with Crippen molar-refractivity contribution in [3.63, 3.8) is 0 Å². The van der Waals surface area contributed by atoms with Gasteiger partial charge in [-0.15, -0.1) is 0 Å². The molecular formula is C29H25F2N3O6. The molecule has 206 valence electrons. The van der Waals surface area contributed by atoms with Crippen LogP contribution in [0.1, 0.15) is 27.0 Å². The molecule has 1 amide bonds. The number of alkyl carbamates (subject to hydrolysis) is 1. The van der Waals surface area contributed by atoms with E-state index in [-0.39, 0.29) is 17.1 Å². The van der Waals surface area contributed by atoms with Crippen LogP contribution in [0.3, 0.4) is 0 Å². The third kappa shape index (κ3) is 6.33. The van der Waals surface area contributed by atoms with E-state index >= 15 is 8.78 Å². The molecule has 0 unspecified atom stereocenters. The topological polar surface area (TPSA) is 133 Å². The van der Waals surface area contributed by atoms with E-state index in [1.807, 2.05) is 30.3 Å². The molecular weight excluding hydrogens is 524 g/mol. The Morgan fingerprint density at radius 2 is 1.62 bits per heavy atom. The summed E-state index contributed by atoms with van der Waals surface area (Å²) in [6.07, 6.45) is -0.931. The summed E-state index contributed by atoms with van der Waals surface area (Å²) in [4.78, 5) is 27.2. The Kier molecular flexibility index (Phi) is 8.55. The highest BCUT2D eigenvalue weighted by Crippen LogP contribution is 2.35. The summed E-state index contributed by atoms with van der Waals surface area (Å²) in [5.41, 5.74) is 7.97. The van der Waals surface area contributed by atoms with Crippen LogP contribution in [0.4, 0.5) is 13.6 Å². The Morgan fingerprint density at radius 1 is 0.950 bits per heavy atom. The molecule has 4 aromatic rings. The van der Waals surface area contributed by atoms with Crippen molar-refractivity contribution in [2.75, 3.05) is 7.11 Å². The van der Waals surface area contributed by atoms with Crippen molar-refractivity contribution < 1.29 is 37.7 Å². The number of rotatable bonds is 9. The first-order valence-electron chi connectivity index (χ1n) is 12.0. The molecule has 0 saturated heterocycles. The molecule has 1 aromatic heterocycles. The van der Waals surface area contributed by atoms with E-state index in [0.717, 1.165) is 23.8 Å². The fraction of sp³-hybridized carbons (Fsp3) is 0.138. The molecule has 9 nitrogen and oxygen atoms in total. The summed E-state index contributed by atoms with van der Waals surface area (Å²) in [5.74, 6) is -5.23. The third-order valence-electron chi connectivity index (χ3n) is 5.82. The van der Waals surface area contributed by atoms with Crippen molar-refractivity contribution in [3.05, 3.63) is 101 Å². The van der Waals surface area contributed by atoms with Crippen LogP contribution in [-0.4, -0.2) is 29.3 Å². The van der Waals surface area contributed by atoms with Crippen LogP contribution in [0, 0.1) is 18.6 Å². The second-order valence-corrected chi connectivity index (χ2v) is 8.61. The van der Waals surface area contributed by atoms with Gasteiger partial charge in [0.2, 0.25) is 0 Å². The first kappa shape index (κ1) is 28.0. The van der Waals surface area contributed by atoms with Gasteiger partial charge in [0, 0.05) is 6.54 Å². The minimum atomic E-state index is -1.32. The lowest BCUT2D eigenvalue weighted by Crippen LogP contribution is -2.24. The van der Waals surface area contributed by atoms with Gasteiger partial charge in [0.05, 0.1) is 19.2 Å². The molecule has 3 aromatic carbocycles. The van der Waals surface area contributed by atoms with Crippen molar-refractivity contribution in [1.82, 2.24) is 10.3 Å². The molecule has 0 bridgehead atoms. The number of hydrogen-bond acceptors (Lipinski definition) is 7. The Hall–Kier alpha value is -5.03. The number of ether oxygens (including phenoxy) is 3. The highest BCUT2D eigenvalue weighted by molar-refractivity contribution is 5.91. The van der Waals surface area contributed by atoms with E-state index in [9.17, 15) is 14.7 Å². The standard InChI is InChI=1S/C29H25F2N3O6/c1-16-9-10-21(28(35)36)23(11-16)40-27-25(31)22(15-33-29(37)38-2)24(30)26(34-27)39-20-8-4-7-19(13-20)18-6-3-5-17(12-18)14-32/h3-13H,14-15,32H2,1-2H3,(H,33,37)(H,35,36). The van der Waals surface area contributed by atoms with Gasteiger partial charge in [-0.1, -0.05) is 36.4 Å². The summed E-state index contributed by atoms with van der Waals surface area (Å²) in [6, 6.07) is 18.4. The van der Waals surface area contributed by atoms with Crippen molar-refractivity contribution in [3.8, 4) is 34.4 Å². The van der Waals surface area contributed by atoms with Gasteiger partial charge in [-0.05, 0) is 59.5 Å². The zero-order valence-corrected chi connectivity index (χ0v) is 21.5. The maximum Gasteiger partial charge on any atom is 0.407 e. The van der Waals surface area contributed by atoms with Crippen molar-refractivity contribution in [2.45, 2.75) is 20.0 Å². The molecule has 0 radical (unpaired) electrons. The van der Waals surface area contributed by atoms with Gasteiger partial charge in [0.1, 0.15) is 17.1 Å². The number of aryl methyl sites for hydroxylation is 1. The molecule has 1 heterocycles. The van der Waals surface area contributed by atoms with Crippen molar-refractivity contribution in [2.24, 2.45) is 5.73 Å². The largest absolute Gasteiger partial charge is 0.478 e. The predicted octanol–water partition coefficient (Wildman–Crippen LogP) is 5.93. The van der Waals surface area contributed by atoms with Gasteiger partial charge >= 0.3 is 12.1 Å². The fourth-order valence-electron chi connectivity index (χ4n) is 3.79. The Labute approximate surface area is 228 Å². The van der Waals surface area contributed by atoms with E-state index in [0.29, 0.717) is 12.1 Å². The van der Waals surface area contributed by atoms with E-state index in [1.54, 1.807) is 31.2 Å². The number of carbonyl (C=O) groups is 2. The summed E-state index contributed by atoms with van der Waals surface area (Å²) < 4.78 is 46.7. The van der Waals surface area contributed by atoms with Gasteiger partial charge in [-0.3, -0.25) is 0 Å². The molecule has 0 saturated carbocycles. The van der Waals surface area contributed by atoms with E-state index in [1.165, 1.54) is 12.1 Å². The lowest BCUT2D eigenvalue weighted by Gasteiger charge is -2.16. The number of carboxylic acid groups (broad SMARTS) is 1. The summed E-state index contributed by atoms with van der Waals surface area (Å²) in [6.45, 7) is 1.40. The van der Waals surface area contributed by atoms with Crippen LogP contribution in [0.25, 0.3) is 11.1 Å². The van der Waals surface area contributed by atoms with Crippen LogP contribution in [0.5, 0.6) is 23.3 Å². The molecule has 4 rings (SSSR count). The smallest absolute Gasteiger partial charge is 0.407 e. The Morgan fingerprint density at radius 3 is 2.30 bits per heavy atom. The molecule has 11 heteroatoms. The maximum absolute atomic E-state index is 15.5. The monoisotopic (exact) mass is 549 g/mol. The minimum absolute atomic E-state index is 0.174. The number of aromatic nitrogens is 1. The molecule has 0 spiro atoms. The van der Waals surface area contributed by atoms with Gasteiger partial charge in [-0.2, -0.15) is 4.98 Å². The number of nitrogens with zero attached hydrogens (tertiary/aromatic N) is 1. The number of nitrogens with two attached hydrogens (primary N) is 1. The number of hydrogen-bond donors (Lipinski definition) is 3. The minimum Gasteiger partial charge on any atom is -0.478 e. The van der Waals surface area contributed by atoms with Gasteiger partial charge in [0.25, 0.3) is 11.8 Å². The molecule has 0 fully saturated rings. The second kappa shape index (κ2) is 12.2. The van der Waals surface area contributed by atoms with Gasteiger partial charge in [-0.25, -0.2) is 18.4 Å². The quantitative estimate of drug-likeness (QED) is 0.234. The van der Waals surface area contributed by atoms with Crippen LogP contribution in [0.15, 0.2) is 66.7 Å². The van der Waals surface area contributed by atoms with Crippen molar-refractivity contribution >= 4 is 12.1 Å². The van der Waals surface area contributed by atoms with Crippen LogP contribution >= 0.6 is 0 Å². The zero-order chi connectivity index (χ0) is 28.8. The molecule has 40 heavy (non-hydrogen) atoms. The number of amides is 1. The summed E-state index contributed by atoms with van der Waals surface area (Å²) in [5, 5.41) is 11.7. The second-order valence-electron chi connectivity index (χ2n) is 8.61. The Bertz CT molecular complexity index is 1580. The van der Waals surface area contributed by atoms with Crippen LogP contribution < -0.4 is 20.5 Å². The maximum atomic E-state index is 15.5. The number of benzene rings is 3. The summed E-state index contributed by atoms with van der Waals surface area (Å²) >= 11 is 0. The van der Waals surface area contributed by atoms with E-state index < -0.39 is 47.6 Å². The number of carboxylic acids is 1. The first-order valence-corrected chi connectivity index (χ1v) is 12.0. The lowest BCUT2D eigenvalue weighted by atomic mass is 10.0. The van der Waals surface area contributed by atoms with Gasteiger partial charge < -0.3 is 30.4 Å². The number of aromatic carboxylic acids is 1. The number of carbonyl (C=O) groups excluding carboxylic acids is 1. The SMILES string of the molecule is COC(=O)NCc1c(F)c(Oc2cccc(-c3cccc(CN)c3)c2)nc(Oc2cc(C)ccc2C(=O)O)c1F. The third-order valence-corrected chi connectivity index (χ3v) is 5.82. The van der Waals surface area contributed by atoms with Crippen LogP contribution in [-0.2, 0) is 17.8 Å². The number of pyridine rings is 1. The molecule has 4 N–H and O–H groups in total. The molecule has 0 aliphatic heterocycles. The number of halogens is 2. The zero-order valence-electron chi connectivity index (χ0n) is 21.5. The average molecular weight is 550 g/mol. The number of methoxy groups -OCH3 is 1. The average Bonchev–Trinajstić information content (AvgIpc) is 2.95. The lowest BCUT2D eigenvalue weighted by molar-refractivity contribution is 0.0693. The number of nitrogens with one attached hydrogen (secondary N) is 1. The summed E-state index contributed by atoms with van der Waals surface area (Å²) in [7, 11) is 1.10. The normalized spacial score (nSPS) is 10.6. The Balaban J connectivity index is 1.76. The molecule has 0 atom stereocenters. The predicted molar refractivity (Wildman–Crippen MR) is 141 cm³/mol. The molecule has 0 aliphatic carbocycles. The highest BCUT2D eigenvalue weighted by Gasteiger charge is 2.25. The van der Waals surface area contributed by atoms with Gasteiger partial charge in [0.15, 0.2) is 11.6 Å². The van der Waals surface area contributed by atoms with E-state index in [2.05, 4.69) is 15.0 Å². The van der Waals surface area contributed by atoms with E-state index in [4.69, 9.17) is 15.2 Å². The van der Waals surface area contributed by atoms with Crippen LogP contribution in [0.2, 0.25) is 0 Å². The molecule has 0 aliphatic rings.